The third-order valence-electron chi connectivity index (χ3n) is 4.53. The fourth-order valence-corrected chi connectivity index (χ4v) is 3.03. The highest BCUT2D eigenvalue weighted by Crippen LogP contribution is 2.31. The lowest BCUT2D eigenvalue weighted by molar-refractivity contribution is 1.15. The molecule has 3 aromatic rings. The van der Waals surface area contributed by atoms with E-state index in [1.54, 1.807) is 0 Å². The molecule has 0 unspecified atom stereocenters. The highest BCUT2D eigenvalue weighted by atomic mass is 14.2. The molecule has 3 rings (SSSR count). The molecule has 0 aromatic heterocycles. The number of rotatable bonds is 3. The molecule has 0 heteroatoms. The third-order valence-corrected chi connectivity index (χ3v) is 4.53. The minimum absolute atomic E-state index is 0.982. The van der Waals surface area contributed by atoms with E-state index in [0.29, 0.717) is 0 Å². The molecular weight excluding hydrogens is 264 g/mol. The van der Waals surface area contributed by atoms with Crippen LogP contribution in [-0.2, 0) is 6.42 Å². The Balaban J connectivity index is 2.13. The van der Waals surface area contributed by atoms with Crippen LogP contribution in [0.25, 0.3) is 11.1 Å². The summed E-state index contributed by atoms with van der Waals surface area (Å²) < 4.78 is 0. The van der Waals surface area contributed by atoms with Gasteiger partial charge in [0.2, 0.25) is 0 Å². The van der Waals surface area contributed by atoms with Crippen LogP contribution in [0.5, 0.6) is 0 Å². The van der Waals surface area contributed by atoms with Crippen molar-refractivity contribution < 1.29 is 0 Å². The predicted octanol–water partition coefficient (Wildman–Crippen LogP) is 5.87. The van der Waals surface area contributed by atoms with Gasteiger partial charge >= 0.3 is 0 Å². The van der Waals surface area contributed by atoms with E-state index in [9.17, 15) is 0 Å². The molecular formula is C22H22. The topological polar surface area (TPSA) is 0 Å². The first-order chi connectivity index (χ1) is 10.7. The van der Waals surface area contributed by atoms with Gasteiger partial charge in [0.15, 0.2) is 0 Å². The van der Waals surface area contributed by atoms with E-state index in [1.807, 2.05) is 0 Å². The molecule has 0 amide bonds. The van der Waals surface area contributed by atoms with Gasteiger partial charge in [-0.2, -0.15) is 0 Å². The second kappa shape index (κ2) is 6.19. The van der Waals surface area contributed by atoms with Gasteiger partial charge in [0.05, 0.1) is 0 Å². The minimum Gasteiger partial charge on any atom is -0.0622 e. The first-order valence-corrected chi connectivity index (χ1v) is 7.86. The van der Waals surface area contributed by atoms with Crippen molar-refractivity contribution in [3.05, 3.63) is 94.5 Å². The highest BCUT2D eigenvalue weighted by molar-refractivity contribution is 5.73. The molecule has 0 aliphatic rings. The summed E-state index contributed by atoms with van der Waals surface area (Å²) in [5.74, 6) is 0. The molecule has 0 saturated carbocycles. The van der Waals surface area contributed by atoms with Crippen molar-refractivity contribution in [3.63, 3.8) is 0 Å². The van der Waals surface area contributed by atoms with Crippen LogP contribution in [0.15, 0.2) is 66.7 Å². The zero-order valence-electron chi connectivity index (χ0n) is 13.6. The lowest BCUT2D eigenvalue weighted by Crippen LogP contribution is -1.97. The van der Waals surface area contributed by atoms with Crippen LogP contribution in [-0.4, -0.2) is 0 Å². The van der Waals surface area contributed by atoms with Crippen LogP contribution >= 0.6 is 0 Å². The largest absolute Gasteiger partial charge is 0.0622 e. The summed E-state index contributed by atoms with van der Waals surface area (Å²) in [5.41, 5.74) is 9.61. The van der Waals surface area contributed by atoms with E-state index in [2.05, 4.69) is 87.5 Å². The lowest BCUT2D eigenvalue weighted by atomic mass is 9.88. The molecule has 0 saturated heterocycles. The minimum atomic E-state index is 0.982. The average Bonchev–Trinajstić information content (AvgIpc) is 2.53. The third kappa shape index (κ3) is 2.82. The van der Waals surface area contributed by atoms with Crippen molar-refractivity contribution in [2.45, 2.75) is 27.2 Å². The normalized spacial score (nSPS) is 10.7. The van der Waals surface area contributed by atoms with Gasteiger partial charge in [-0.3, -0.25) is 0 Å². The Morgan fingerprint density at radius 2 is 1.23 bits per heavy atom. The van der Waals surface area contributed by atoms with Gasteiger partial charge in [-0.25, -0.2) is 0 Å². The van der Waals surface area contributed by atoms with Crippen LogP contribution in [0.2, 0.25) is 0 Å². The second-order valence-electron chi connectivity index (χ2n) is 6.01. The molecule has 0 bridgehead atoms. The fourth-order valence-electron chi connectivity index (χ4n) is 3.03. The van der Waals surface area contributed by atoms with Gasteiger partial charge in [-0.1, -0.05) is 66.7 Å². The predicted molar refractivity (Wildman–Crippen MR) is 95.3 cm³/mol. The van der Waals surface area contributed by atoms with Gasteiger partial charge < -0.3 is 0 Å². The first kappa shape index (κ1) is 14.6. The Hall–Kier alpha value is -2.34. The fraction of sp³-hybridized carbons (Fsp3) is 0.182. The molecule has 22 heavy (non-hydrogen) atoms. The van der Waals surface area contributed by atoms with Gasteiger partial charge in [0, 0.05) is 0 Å². The van der Waals surface area contributed by atoms with Crippen molar-refractivity contribution in [1.82, 2.24) is 0 Å². The van der Waals surface area contributed by atoms with E-state index in [0.717, 1.165) is 6.42 Å². The highest BCUT2D eigenvalue weighted by Gasteiger charge is 2.11. The number of benzene rings is 3. The Bertz CT molecular complexity index is 782. The molecule has 0 heterocycles. The molecule has 0 aliphatic heterocycles. The van der Waals surface area contributed by atoms with Crippen LogP contribution in [0.1, 0.15) is 27.8 Å². The second-order valence-corrected chi connectivity index (χ2v) is 6.01. The zero-order valence-corrected chi connectivity index (χ0v) is 13.6. The molecule has 0 nitrogen and oxygen atoms in total. The van der Waals surface area contributed by atoms with E-state index in [-0.39, 0.29) is 0 Å². The van der Waals surface area contributed by atoms with E-state index in [4.69, 9.17) is 0 Å². The standard InChI is InChI=1S/C22H22/c1-16-9-7-13-20(18(16)3)21-14-8-10-17(2)22(21)15-19-11-5-4-6-12-19/h4-14H,15H2,1-3H3. The van der Waals surface area contributed by atoms with Gasteiger partial charge in [-0.15, -0.1) is 0 Å². The molecule has 0 N–H and O–H groups in total. The summed E-state index contributed by atoms with van der Waals surface area (Å²) in [6.45, 7) is 6.62. The lowest BCUT2D eigenvalue weighted by Gasteiger charge is -2.16. The maximum atomic E-state index is 2.26. The Morgan fingerprint density at radius 3 is 1.95 bits per heavy atom. The maximum Gasteiger partial charge on any atom is -0.00170 e. The van der Waals surface area contributed by atoms with Crippen molar-refractivity contribution in [2.75, 3.05) is 0 Å². The molecule has 3 aromatic carbocycles. The maximum absolute atomic E-state index is 2.26. The Kier molecular flexibility index (Phi) is 4.11. The van der Waals surface area contributed by atoms with Gasteiger partial charge in [0.1, 0.15) is 0 Å². The van der Waals surface area contributed by atoms with E-state index >= 15 is 0 Å². The smallest absolute Gasteiger partial charge is 0.00170 e. The molecule has 0 spiro atoms. The van der Waals surface area contributed by atoms with Crippen LogP contribution < -0.4 is 0 Å². The summed E-state index contributed by atoms with van der Waals surface area (Å²) in [6.07, 6.45) is 0.982. The molecule has 110 valence electrons. The van der Waals surface area contributed by atoms with Crippen molar-refractivity contribution in [3.8, 4) is 11.1 Å². The summed E-state index contributed by atoms with van der Waals surface area (Å²) >= 11 is 0. The Morgan fingerprint density at radius 1 is 0.591 bits per heavy atom. The monoisotopic (exact) mass is 286 g/mol. The van der Waals surface area contributed by atoms with E-state index < -0.39 is 0 Å². The quantitative estimate of drug-likeness (QED) is 0.565. The average molecular weight is 286 g/mol. The molecule has 0 atom stereocenters. The Labute approximate surface area is 133 Å². The van der Waals surface area contributed by atoms with Crippen molar-refractivity contribution in [1.29, 1.82) is 0 Å². The summed E-state index contributed by atoms with van der Waals surface area (Å²) in [4.78, 5) is 0. The van der Waals surface area contributed by atoms with Crippen molar-refractivity contribution in [2.24, 2.45) is 0 Å². The first-order valence-electron chi connectivity index (χ1n) is 7.86. The van der Waals surface area contributed by atoms with Crippen LogP contribution in [0, 0.1) is 20.8 Å². The van der Waals surface area contributed by atoms with Crippen LogP contribution in [0.4, 0.5) is 0 Å². The van der Waals surface area contributed by atoms with Crippen molar-refractivity contribution >= 4 is 0 Å². The van der Waals surface area contributed by atoms with Crippen LogP contribution in [0.3, 0.4) is 0 Å². The number of hydrogen-bond acceptors (Lipinski definition) is 0. The summed E-state index contributed by atoms with van der Waals surface area (Å²) in [6, 6.07) is 24.0. The van der Waals surface area contributed by atoms with Gasteiger partial charge in [0.25, 0.3) is 0 Å². The number of hydrogen-bond donors (Lipinski definition) is 0. The molecule has 0 aliphatic carbocycles. The number of aryl methyl sites for hydroxylation is 2. The molecule has 0 fully saturated rings. The zero-order chi connectivity index (χ0) is 15.5. The SMILES string of the molecule is Cc1cccc(-c2cccc(C)c2Cc2ccccc2)c1C. The summed E-state index contributed by atoms with van der Waals surface area (Å²) in [5, 5.41) is 0. The van der Waals surface area contributed by atoms with E-state index in [1.165, 1.54) is 38.9 Å². The van der Waals surface area contributed by atoms with Gasteiger partial charge in [-0.05, 0) is 66.1 Å². The molecule has 0 radical (unpaired) electrons. The summed E-state index contributed by atoms with van der Waals surface area (Å²) in [7, 11) is 0.